The molecular weight excluding hydrogens is 482 g/mol. The molecule has 8 nitrogen and oxygen atoms in total. The first-order valence-corrected chi connectivity index (χ1v) is 14.7. The number of ether oxygens (including phenoxy) is 1. The van der Waals surface area contributed by atoms with Gasteiger partial charge in [-0.1, -0.05) is 36.7 Å². The lowest BCUT2D eigenvalue weighted by Gasteiger charge is -2.40. The Bertz CT molecular complexity index is 1140. The molecule has 3 aromatic rings. The average molecular weight is 522 g/mol. The maximum atomic E-state index is 5.41. The predicted molar refractivity (Wildman–Crippen MR) is 150 cm³/mol. The smallest absolute Gasteiger partial charge is 0.218 e. The van der Waals surface area contributed by atoms with Crippen LogP contribution in [0.3, 0.4) is 0 Å². The highest BCUT2D eigenvalue weighted by Gasteiger charge is 2.27. The number of nitrogens with zero attached hydrogens (tertiary/aromatic N) is 7. The summed E-state index contributed by atoms with van der Waals surface area (Å²) in [6.45, 7) is 9.44. The van der Waals surface area contributed by atoms with Crippen LogP contribution in [0.15, 0.2) is 42.6 Å². The fourth-order valence-electron chi connectivity index (χ4n) is 6.09. The number of hydrogen-bond acceptors (Lipinski definition) is 8. The molecule has 1 aromatic carbocycles. The largest absolute Gasteiger partial charge is 0.497 e. The van der Waals surface area contributed by atoms with E-state index in [0.29, 0.717) is 0 Å². The first-order valence-electron chi connectivity index (χ1n) is 13.9. The van der Waals surface area contributed by atoms with Crippen molar-refractivity contribution in [3.05, 3.63) is 48.3 Å². The van der Waals surface area contributed by atoms with Gasteiger partial charge in [0.1, 0.15) is 5.75 Å². The molecule has 0 amide bonds. The van der Waals surface area contributed by atoms with Crippen LogP contribution in [-0.2, 0) is 6.54 Å². The highest BCUT2D eigenvalue weighted by Crippen LogP contribution is 2.29. The van der Waals surface area contributed by atoms with Gasteiger partial charge in [0.05, 0.1) is 7.11 Å². The van der Waals surface area contributed by atoms with E-state index >= 15 is 0 Å². The summed E-state index contributed by atoms with van der Waals surface area (Å²) in [6.07, 6.45) is 9.13. The third-order valence-corrected chi connectivity index (χ3v) is 9.28. The molecule has 6 rings (SSSR count). The minimum absolute atomic E-state index is 0.806. The highest BCUT2D eigenvalue weighted by molar-refractivity contribution is 7.17. The fraction of sp³-hybridized carbons (Fsp3) is 0.571. The van der Waals surface area contributed by atoms with Crippen molar-refractivity contribution in [1.29, 1.82) is 0 Å². The van der Waals surface area contributed by atoms with Gasteiger partial charge in [0.15, 0.2) is 0 Å². The van der Waals surface area contributed by atoms with Crippen molar-refractivity contribution in [1.82, 2.24) is 24.6 Å². The van der Waals surface area contributed by atoms with Crippen molar-refractivity contribution in [3.63, 3.8) is 0 Å². The molecule has 0 unspecified atom stereocenters. The van der Waals surface area contributed by atoms with Crippen LogP contribution in [0.2, 0.25) is 0 Å². The Kier molecular flexibility index (Phi) is 7.62. The summed E-state index contributed by atoms with van der Waals surface area (Å²) in [5.74, 6) is 0.917. The molecule has 3 aliphatic rings. The van der Waals surface area contributed by atoms with E-state index in [1.165, 1.54) is 43.5 Å². The molecule has 0 atom stereocenters. The third kappa shape index (κ3) is 5.63. The molecule has 4 heterocycles. The van der Waals surface area contributed by atoms with E-state index in [1.807, 2.05) is 6.07 Å². The summed E-state index contributed by atoms with van der Waals surface area (Å²) in [4.78, 5) is 10.1. The van der Waals surface area contributed by atoms with Crippen LogP contribution in [0.4, 0.5) is 10.8 Å². The number of methoxy groups -OCH3 is 1. The molecule has 9 heteroatoms. The molecule has 1 saturated carbocycles. The fourth-order valence-corrected chi connectivity index (χ4v) is 7.00. The predicted octanol–water partition coefficient (Wildman–Crippen LogP) is 4.11. The second-order valence-electron chi connectivity index (χ2n) is 10.5. The first-order chi connectivity index (χ1) is 18.3. The molecule has 2 aromatic heterocycles. The minimum atomic E-state index is 0.806. The topological polar surface area (TPSA) is 52.9 Å². The number of benzene rings is 1. The maximum absolute atomic E-state index is 5.41. The summed E-state index contributed by atoms with van der Waals surface area (Å²) < 4.78 is 7.64. The number of hydrogen-bond donors (Lipinski definition) is 0. The lowest BCUT2D eigenvalue weighted by molar-refractivity contribution is 0.148. The standard InChI is InChI=1S/C28H39N7OS/c1-36-26-11-5-9-24(21-26)33-15-13-31(14-16-33)22-25-10-6-12-35(25)28-30-29-27(37-28)34-19-17-32(18-20-34)23-7-3-2-4-8-23/h5-6,9-12,21,23H,2-4,7-8,13-20,22H2,1H3. The summed E-state index contributed by atoms with van der Waals surface area (Å²) in [7, 11) is 1.73. The Morgan fingerprint density at radius 2 is 1.59 bits per heavy atom. The van der Waals surface area contributed by atoms with Crippen molar-refractivity contribution in [2.75, 3.05) is 69.3 Å². The Hall–Kier alpha value is -2.62. The quantitative estimate of drug-likeness (QED) is 0.464. The molecule has 0 spiro atoms. The number of piperazine rings is 2. The van der Waals surface area contributed by atoms with Crippen LogP contribution in [0.5, 0.6) is 5.75 Å². The van der Waals surface area contributed by atoms with Gasteiger partial charge in [-0.25, -0.2) is 0 Å². The van der Waals surface area contributed by atoms with Crippen molar-refractivity contribution >= 4 is 22.2 Å². The molecule has 2 aliphatic heterocycles. The SMILES string of the molecule is COc1cccc(N2CCN(Cc3cccn3-c3nnc(N4CCN(C5CCCCC5)CC4)s3)CC2)c1. The van der Waals surface area contributed by atoms with Gasteiger partial charge >= 0.3 is 0 Å². The second-order valence-corrected chi connectivity index (χ2v) is 11.5. The highest BCUT2D eigenvalue weighted by atomic mass is 32.1. The van der Waals surface area contributed by atoms with Gasteiger partial charge in [0.2, 0.25) is 10.3 Å². The molecule has 198 valence electrons. The minimum Gasteiger partial charge on any atom is -0.497 e. The molecular formula is C28H39N7OS. The lowest BCUT2D eigenvalue weighted by atomic mass is 9.94. The normalized spacial score (nSPS) is 20.5. The summed E-state index contributed by atoms with van der Waals surface area (Å²) in [5, 5.41) is 11.2. The molecule has 0 radical (unpaired) electrons. The third-order valence-electron chi connectivity index (χ3n) is 8.30. The molecule has 37 heavy (non-hydrogen) atoms. The van der Waals surface area contributed by atoms with E-state index in [2.05, 4.69) is 70.9 Å². The molecule has 0 bridgehead atoms. The molecule has 0 N–H and O–H groups in total. The van der Waals surface area contributed by atoms with Gasteiger partial charge in [-0.2, -0.15) is 0 Å². The van der Waals surface area contributed by atoms with Crippen molar-refractivity contribution in [2.45, 2.75) is 44.7 Å². The van der Waals surface area contributed by atoms with E-state index in [4.69, 9.17) is 4.74 Å². The van der Waals surface area contributed by atoms with Crippen molar-refractivity contribution in [3.8, 4) is 10.9 Å². The Morgan fingerprint density at radius 1 is 0.838 bits per heavy atom. The van der Waals surface area contributed by atoms with Crippen LogP contribution in [0.1, 0.15) is 37.8 Å². The van der Waals surface area contributed by atoms with E-state index in [0.717, 1.165) is 81.0 Å². The summed E-state index contributed by atoms with van der Waals surface area (Å²) in [6, 6.07) is 13.5. The van der Waals surface area contributed by atoms with Gasteiger partial charge in [-0.3, -0.25) is 14.4 Å². The van der Waals surface area contributed by atoms with Crippen LogP contribution >= 0.6 is 11.3 Å². The van der Waals surface area contributed by atoms with Crippen molar-refractivity contribution < 1.29 is 4.74 Å². The zero-order chi connectivity index (χ0) is 25.0. The zero-order valence-electron chi connectivity index (χ0n) is 22.0. The van der Waals surface area contributed by atoms with Crippen LogP contribution in [-0.4, -0.2) is 90.1 Å². The van der Waals surface area contributed by atoms with Gasteiger partial charge in [-0.15, -0.1) is 10.2 Å². The number of anilines is 2. The summed E-state index contributed by atoms with van der Waals surface area (Å²) in [5.41, 5.74) is 2.52. The van der Waals surface area contributed by atoms with Gasteiger partial charge in [0, 0.05) is 88.6 Å². The van der Waals surface area contributed by atoms with Gasteiger partial charge in [-0.05, 0) is 37.1 Å². The second kappa shape index (κ2) is 11.4. The van der Waals surface area contributed by atoms with E-state index < -0.39 is 0 Å². The Balaban J connectivity index is 1.04. The van der Waals surface area contributed by atoms with Crippen LogP contribution in [0.25, 0.3) is 5.13 Å². The van der Waals surface area contributed by atoms with Gasteiger partial charge < -0.3 is 14.5 Å². The van der Waals surface area contributed by atoms with Crippen LogP contribution < -0.4 is 14.5 Å². The summed E-state index contributed by atoms with van der Waals surface area (Å²) >= 11 is 1.72. The van der Waals surface area contributed by atoms with E-state index in [9.17, 15) is 0 Å². The Labute approximate surface area is 224 Å². The number of rotatable bonds is 7. The number of aromatic nitrogens is 3. The lowest BCUT2D eigenvalue weighted by Crippen LogP contribution is -2.50. The van der Waals surface area contributed by atoms with Gasteiger partial charge in [0.25, 0.3) is 0 Å². The van der Waals surface area contributed by atoms with E-state index in [1.54, 1.807) is 18.4 Å². The van der Waals surface area contributed by atoms with E-state index in [-0.39, 0.29) is 0 Å². The average Bonchev–Trinajstić information content (AvgIpc) is 3.64. The first kappa shape index (κ1) is 24.7. The van der Waals surface area contributed by atoms with Crippen LogP contribution in [0, 0.1) is 0 Å². The van der Waals surface area contributed by atoms with Crippen molar-refractivity contribution in [2.24, 2.45) is 0 Å². The molecule has 3 fully saturated rings. The maximum Gasteiger partial charge on any atom is 0.218 e. The zero-order valence-corrected chi connectivity index (χ0v) is 22.8. The monoisotopic (exact) mass is 521 g/mol. The molecule has 2 saturated heterocycles. The Morgan fingerprint density at radius 3 is 2.38 bits per heavy atom. The molecule has 1 aliphatic carbocycles.